The summed E-state index contributed by atoms with van der Waals surface area (Å²) >= 11 is 1.84. The number of likely N-dealkylation sites (tertiary alicyclic amines) is 1. The van der Waals surface area contributed by atoms with Crippen LogP contribution >= 0.6 is 11.8 Å². The van der Waals surface area contributed by atoms with Gasteiger partial charge in [0.1, 0.15) is 11.9 Å². The van der Waals surface area contributed by atoms with Crippen molar-refractivity contribution in [3.05, 3.63) is 66.2 Å². The number of hydrogen-bond acceptors (Lipinski definition) is 5. The number of fused-ring (bicyclic) bond motifs is 2. The summed E-state index contributed by atoms with van der Waals surface area (Å²) in [5, 5.41) is 15.6. The summed E-state index contributed by atoms with van der Waals surface area (Å²) in [7, 11) is 2.21. The monoisotopic (exact) mass is 427 g/mol. The van der Waals surface area contributed by atoms with E-state index in [1.807, 2.05) is 11.8 Å². The topological polar surface area (TPSA) is 87.1 Å². The first-order valence-corrected chi connectivity index (χ1v) is 10.6. The molecule has 2 aromatic carbocycles. The molecule has 0 saturated carbocycles. The van der Waals surface area contributed by atoms with Crippen LogP contribution in [0.2, 0.25) is 0 Å². The minimum absolute atomic E-state index is 0.182. The molecule has 0 bridgehead atoms. The number of hydrogen-bond donors (Lipinski definition) is 2. The van der Waals surface area contributed by atoms with Gasteiger partial charge in [0.2, 0.25) is 0 Å². The minimum Gasteiger partial charge on any atom is -0.484 e. The Morgan fingerprint density at radius 2 is 1.53 bits per heavy atom. The number of nitrogens with zero attached hydrogens (tertiary/aromatic N) is 1. The third-order valence-corrected chi connectivity index (χ3v) is 6.26. The number of piperidine rings is 1. The summed E-state index contributed by atoms with van der Waals surface area (Å²) < 4.78 is 6.52. The smallest absolute Gasteiger partial charge is 0.328 e. The summed E-state index contributed by atoms with van der Waals surface area (Å²) in [6.45, 7) is 2.34. The molecule has 0 aromatic heterocycles. The van der Waals surface area contributed by atoms with E-state index < -0.39 is 11.9 Å². The van der Waals surface area contributed by atoms with Gasteiger partial charge in [-0.15, -0.1) is 0 Å². The van der Waals surface area contributed by atoms with Crippen LogP contribution in [0.1, 0.15) is 24.5 Å². The summed E-state index contributed by atoms with van der Waals surface area (Å²) in [4.78, 5) is 24.1. The van der Waals surface area contributed by atoms with Crippen LogP contribution in [0.3, 0.4) is 0 Å². The van der Waals surface area contributed by atoms with Gasteiger partial charge in [-0.25, -0.2) is 9.59 Å². The van der Waals surface area contributed by atoms with Crippen molar-refractivity contribution in [1.29, 1.82) is 0 Å². The molecule has 1 saturated heterocycles. The summed E-state index contributed by atoms with van der Waals surface area (Å²) in [5.41, 5.74) is 1.36. The Bertz CT molecular complexity index is 905. The molecule has 2 heterocycles. The first-order valence-electron chi connectivity index (χ1n) is 9.79. The molecule has 0 amide bonds. The fourth-order valence-corrected chi connectivity index (χ4v) is 4.63. The summed E-state index contributed by atoms with van der Waals surface area (Å²) in [6, 6.07) is 17.2. The van der Waals surface area contributed by atoms with Crippen molar-refractivity contribution in [3.8, 4) is 5.75 Å². The van der Waals surface area contributed by atoms with Crippen LogP contribution < -0.4 is 4.74 Å². The fraction of sp³-hybridized carbons (Fsp3) is 0.304. The van der Waals surface area contributed by atoms with E-state index in [1.54, 1.807) is 0 Å². The average molecular weight is 428 g/mol. The lowest BCUT2D eigenvalue weighted by atomic mass is 9.87. The first-order chi connectivity index (χ1) is 14.4. The Labute approximate surface area is 180 Å². The lowest BCUT2D eigenvalue weighted by Crippen LogP contribution is -2.34. The van der Waals surface area contributed by atoms with Gasteiger partial charge >= 0.3 is 11.9 Å². The second kappa shape index (κ2) is 10.3. The highest BCUT2D eigenvalue weighted by Crippen LogP contribution is 2.47. The molecule has 158 valence electrons. The first kappa shape index (κ1) is 21.9. The molecule has 0 aliphatic carbocycles. The van der Waals surface area contributed by atoms with Crippen LogP contribution in [0.4, 0.5) is 0 Å². The highest BCUT2D eigenvalue weighted by atomic mass is 32.2. The van der Waals surface area contributed by atoms with E-state index in [0.717, 1.165) is 5.75 Å². The number of carbonyl (C=O) groups is 2. The van der Waals surface area contributed by atoms with Crippen LogP contribution in [0.5, 0.6) is 5.75 Å². The molecule has 0 spiro atoms. The van der Waals surface area contributed by atoms with Gasteiger partial charge in [-0.05, 0) is 51.2 Å². The summed E-state index contributed by atoms with van der Waals surface area (Å²) in [5.74, 6) is -0.878. The highest BCUT2D eigenvalue weighted by Gasteiger charge is 2.32. The molecule has 30 heavy (non-hydrogen) atoms. The predicted octanol–water partition coefficient (Wildman–Crippen LogP) is 4.32. The lowest BCUT2D eigenvalue weighted by Gasteiger charge is -2.34. The molecule has 2 aliphatic rings. The highest BCUT2D eigenvalue weighted by molar-refractivity contribution is 7.99. The SMILES string of the molecule is CN1CCC(C2Oc3ccccc3Sc3ccccc32)CC1.O=C(O)/C=C\C(=O)O. The zero-order valence-electron chi connectivity index (χ0n) is 16.7. The molecule has 2 aliphatic heterocycles. The van der Waals surface area contributed by atoms with Crippen molar-refractivity contribution >= 4 is 23.7 Å². The maximum atomic E-state index is 9.55. The summed E-state index contributed by atoms with van der Waals surface area (Å²) in [6.07, 6.45) is 3.72. The van der Waals surface area contributed by atoms with Crippen molar-refractivity contribution in [1.82, 2.24) is 4.90 Å². The number of carboxylic acids is 2. The molecule has 0 radical (unpaired) electrons. The molecular formula is C23H25NO5S. The second-order valence-corrected chi connectivity index (χ2v) is 8.36. The van der Waals surface area contributed by atoms with E-state index in [9.17, 15) is 9.59 Å². The van der Waals surface area contributed by atoms with Crippen molar-refractivity contribution in [3.63, 3.8) is 0 Å². The number of para-hydroxylation sites is 1. The molecule has 2 aromatic rings. The third-order valence-electron chi connectivity index (χ3n) is 5.11. The predicted molar refractivity (Wildman–Crippen MR) is 115 cm³/mol. The van der Waals surface area contributed by atoms with Crippen LogP contribution in [-0.4, -0.2) is 47.2 Å². The number of ether oxygens (including phenoxy) is 1. The van der Waals surface area contributed by atoms with Crippen LogP contribution in [-0.2, 0) is 9.59 Å². The molecule has 2 N–H and O–H groups in total. The Balaban J connectivity index is 0.000000275. The minimum atomic E-state index is -1.26. The van der Waals surface area contributed by atoms with Crippen LogP contribution in [0.15, 0.2) is 70.5 Å². The van der Waals surface area contributed by atoms with Crippen molar-refractivity contribution in [2.75, 3.05) is 20.1 Å². The van der Waals surface area contributed by atoms with E-state index in [0.29, 0.717) is 18.1 Å². The molecule has 1 atom stereocenters. The maximum Gasteiger partial charge on any atom is 0.328 e. The van der Waals surface area contributed by atoms with Gasteiger partial charge in [0, 0.05) is 28.5 Å². The normalized spacial score (nSPS) is 18.9. The Morgan fingerprint density at radius 3 is 2.17 bits per heavy atom. The van der Waals surface area contributed by atoms with Crippen LogP contribution in [0, 0.1) is 5.92 Å². The molecule has 1 fully saturated rings. The number of aliphatic carboxylic acids is 2. The Hall–Kier alpha value is -2.77. The van der Waals surface area contributed by atoms with Crippen molar-refractivity contribution in [2.45, 2.75) is 28.7 Å². The van der Waals surface area contributed by atoms with Crippen molar-refractivity contribution in [2.24, 2.45) is 5.92 Å². The zero-order chi connectivity index (χ0) is 21.5. The van der Waals surface area contributed by atoms with Gasteiger partial charge < -0.3 is 19.8 Å². The average Bonchev–Trinajstić information content (AvgIpc) is 2.90. The molecule has 6 nitrogen and oxygen atoms in total. The largest absolute Gasteiger partial charge is 0.484 e. The van der Waals surface area contributed by atoms with E-state index in [-0.39, 0.29) is 6.10 Å². The number of carboxylic acid groups (broad SMARTS) is 2. The number of benzene rings is 2. The third kappa shape index (κ3) is 5.87. The number of rotatable bonds is 3. The molecule has 4 rings (SSSR count). The van der Waals surface area contributed by atoms with Crippen molar-refractivity contribution < 1.29 is 24.5 Å². The Kier molecular flexibility index (Phi) is 7.54. The van der Waals surface area contributed by atoms with Gasteiger partial charge in [0.15, 0.2) is 0 Å². The van der Waals surface area contributed by atoms with Gasteiger partial charge in [0.25, 0.3) is 0 Å². The van der Waals surface area contributed by atoms with Gasteiger partial charge in [-0.1, -0.05) is 42.1 Å². The van der Waals surface area contributed by atoms with Crippen LogP contribution in [0.25, 0.3) is 0 Å². The van der Waals surface area contributed by atoms with E-state index in [4.69, 9.17) is 14.9 Å². The van der Waals surface area contributed by atoms with E-state index >= 15 is 0 Å². The van der Waals surface area contributed by atoms with E-state index in [1.165, 1.54) is 41.3 Å². The van der Waals surface area contributed by atoms with Gasteiger partial charge in [-0.2, -0.15) is 0 Å². The molecular weight excluding hydrogens is 402 g/mol. The second-order valence-electron chi connectivity index (χ2n) is 7.28. The Morgan fingerprint density at radius 1 is 0.967 bits per heavy atom. The molecule has 1 unspecified atom stereocenters. The lowest BCUT2D eigenvalue weighted by molar-refractivity contribution is -0.134. The van der Waals surface area contributed by atoms with Gasteiger partial charge in [-0.3, -0.25) is 0 Å². The van der Waals surface area contributed by atoms with E-state index in [2.05, 4.69) is 60.5 Å². The maximum absolute atomic E-state index is 9.55. The fourth-order valence-electron chi connectivity index (χ4n) is 3.58. The quantitative estimate of drug-likeness (QED) is 0.705. The van der Waals surface area contributed by atoms with Gasteiger partial charge in [0.05, 0.1) is 4.90 Å². The zero-order valence-corrected chi connectivity index (χ0v) is 17.5. The molecule has 7 heteroatoms. The standard InChI is InChI=1S/C19H21NOS.C4H4O4/c1-20-12-10-14(11-13-20)19-15-6-2-4-8-17(15)22-18-9-5-3-7-16(18)21-19;5-3(6)1-2-4(7)8/h2-9,14,19H,10-13H2,1H3;1-2H,(H,5,6)(H,7,8)/b;2-1-.